The topological polar surface area (TPSA) is 153 Å². The number of amides is 4. The summed E-state index contributed by atoms with van der Waals surface area (Å²) in [5, 5.41) is 5.71. The number of aromatic amines is 1. The van der Waals surface area contributed by atoms with Crippen LogP contribution in [0.2, 0.25) is 0 Å². The number of likely N-dealkylation sites (tertiary alicyclic amines) is 1. The number of carbonyl (C=O) groups excluding carboxylic acids is 4. The van der Waals surface area contributed by atoms with Crippen molar-refractivity contribution in [3.63, 3.8) is 0 Å². The Kier molecular flexibility index (Phi) is 11.1. The normalized spacial score (nSPS) is 20.6. The molecule has 2 aromatic heterocycles. The van der Waals surface area contributed by atoms with E-state index in [2.05, 4.69) is 58.4 Å². The van der Waals surface area contributed by atoms with Gasteiger partial charge in [-0.1, -0.05) is 58.0 Å². The maximum absolute atomic E-state index is 13.5. The molecule has 0 unspecified atom stereocenters. The number of anilines is 2. The van der Waals surface area contributed by atoms with Crippen LogP contribution in [0.4, 0.5) is 16.3 Å². The van der Waals surface area contributed by atoms with E-state index in [1.54, 1.807) is 17.2 Å². The van der Waals surface area contributed by atoms with E-state index in [9.17, 15) is 19.2 Å². The van der Waals surface area contributed by atoms with Crippen LogP contribution in [0.3, 0.4) is 0 Å². The standard InChI is InChI=1S/C44H54N8O5/c1-26(2)38(49-43(56)57-7)42(55)52-18-8-9-36(52)39-46-24-35(48-39)30-12-10-29(11-13-30)33-16-15-32(21-27(33)3)47-40(53)31-14-17-37(45-23-31)51-20-19-50(25-28(51)4)41(54)34-22-44(34,5)6/h10-17,21,23-24,26,28,34,36,38H,8-9,18-20,22,25H2,1-7H3,(H,46,48)(H,47,53)(H,49,56)/t28-,34-,36+,38+/m1/s1. The lowest BCUT2D eigenvalue weighted by molar-refractivity contribution is -0.135. The van der Waals surface area contributed by atoms with E-state index in [-0.39, 0.29) is 47.1 Å². The first kappa shape index (κ1) is 39.5. The van der Waals surface area contributed by atoms with Crippen molar-refractivity contribution in [3.8, 4) is 22.4 Å². The number of ether oxygens (including phenoxy) is 1. The molecular weight excluding hydrogens is 721 g/mol. The molecule has 2 aromatic carbocycles. The molecule has 13 heteroatoms. The van der Waals surface area contributed by atoms with Crippen molar-refractivity contribution in [3.05, 3.63) is 83.9 Å². The summed E-state index contributed by atoms with van der Waals surface area (Å²) < 4.78 is 4.76. The molecular formula is C44H54N8O5. The molecule has 0 spiro atoms. The van der Waals surface area contributed by atoms with Crippen LogP contribution in [0.15, 0.2) is 67.0 Å². The van der Waals surface area contributed by atoms with Gasteiger partial charge in [0.2, 0.25) is 11.8 Å². The Labute approximate surface area is 334 Å². The number of hydrogen-bond donors (Lipinski definition) is 3. The molecule has 0 bridgehead atoms. The molecule has 13 nitrogen and oxygen atoms in total. The number of imidazole rings is 1. The van der Waals surface area contributed by atoms with Crippen LogP contribution in [0.1, 0.15) is 81.7 Å². The van der Waals surface area contributed by atoms with Gasteiger partial charge in [-0.05, 0) is 85.4 Å². The van der Waals surface area contributed by atoms with Crippen molar-refractivity contribution < 1.29 is 23.9 Å². The van der Waals surface area contributed by atoms with Gasteiger partial charge >= 0.3 is 6.09 Å². The second kappa shape index (κ2) is 16.0. The number of benzene rings is 2. The Hall–Kier alpha value is -5.72. The first-order chi connectivity index (χ1) is 27.2. The highest BCUT2D eigenvalue weighted by atomic mass is 16.5. The first-order valence-corrected chi connectivity index (χ1v) is 20.0. The maximum Gasteiger partial charge on any atom is 0.407 e. The smallest absolute Gasteiger partial charge is 0.407 e. The molecule has 4 aromatic rings. The number of piperazine rings is 1. The number of hydrogen-bond acceptors (Lipinski definition) is 8. The van der Waals surface area contributed by atoms with Crippen molar-refractivity contribution >= 4 is 35.3 Å². The number of nitrogens with zero attached hydrogens (tertiary/aromatic N) is 5. The monoisotopic (exact) mass is 774 g/mol. The van der Waals surface area contributed by atoms with E-state index in [4.69, 9.17) is 9.72 Å². The van der Waals surface area contributed by atoms with Crippen LogP contribution in [-0.4, -0.2) is 93.9 Å². The number of pyridine rings is 1. The van der Waals surface area contributed by atoms with Gasteiger partial charge in [0, 0.05) is 61.8 Å². The Bertz CT molecular complexity index is 2130. The van der Waals surface area contributed by atoms with Gasteiger partial charge in [-0.2, -0.15) is 0 Å². The van der Waals surface area contributed by atoms with Crippen molar-refractivity contribution in [2.24, 2.45) is 17.3 Å². The molecule has 3 fully saturated rings. The highest BCUT2D eigenvalue weighted by Crippen LogP contribution is 2.52. The van der Waals surface area contributed by atoms with E-state index in [0.29, 0.717) is 37.4 Å². The van der Waals surface area contributed by atoms with E-state index >= 15 is 0 Å². The van der Waals surface area contributed by atoms with Crippen molar-refractivity contribution in [1.82, 2.24) is 30.1 Å². The number of alkyl carbamates (subject to hydrolysis) is 1. The number of rotatable bonds is 10. The summed E-state index contributed by atoms with van der Waals surface area (Å²) in [5.41, 5.74) is 6.10. The van der Waals surface area contributed by atoms with Crippen LogP contribution in [0, 0.1) is 24.2 Å². The molecule has 3 N–H and O–H groups in total. The summed E-state index contributed by atoms with van der Waals surface area (Å²) in [6, 6.07) is 17.0. The van der Waals surface area contributed by atoms with E-state index in [1.165, 1.54) is 7.11 Å². The van der Waals surface area contributed by atoms with Crippen LogP contribution in [-0.2, 0) is 14.3 Å². The van der Waals surface area contributed by atoms with Crippen molar-refractivity contribution in [2.45, 2.75) is 78.9 Å². The molecule has 4 heterocycles. The zero-order chi connectivity index (χ0) is 40.6. The Morgan fingerprint density at radius 1 is 0.982 bits per heavy atom. The van der Waals surface area contributed by atoms with Crippen LogP contribution >= 0.6 is 0 Å². The van der Waals surface area contributed by atoms with Gasteiger partial charge in [-0.15, -0.1) is 0 Å². The highest BCUT2D eigenvalue weighted by molar-refractivity contribution is 6.04. The van der Waals surface area contributed by atoms with Gasteiger partial charge in [0.25, 0.3) is 5.91 Å². The van der Waals surface area contributed by atoms with Crippen LogP contribution in [0.25, 0.3) is 22.4 Å². The van der Waals surface area contributed by atoms with Gasteiger partial charge in [-0.3, -0.25) is 14.4 Å². The summed E-state index contributed by atoms with van der Waals surface area (Å²) in [5.74, 6) is 1.45. The third-order valence-electron chi connectivity index (χ3n) is 11.9. The van der Waals surface area contributed by atoms with Gasteiger partial charge in [0.15, 0.2) is 0 Å². The number of aromatic nitrogens is 3. The van der Waals surface area contributed by atoms with Gasteiger partial charge in [-0.25, -0.2) is 14.8 Å². The van der Waals surface area contributed by atoms with Gasteiger partial charge in [0.1, 0.15) is 17.7 Å². The molecule has 1 saturated carbocycles. The largest absolute Gasteiger partial charge is 0.453 e. The molecule has 4 atom stereocenters. The van der Waals surface area contributed by atoms with Gasteiger partial charge < -0.3 is 35.1 Å². The van der Waals surface area contributed by atoms with E-state index in [0.717, 1.165) is 58.9 Å². The predicted octanol–water partition coefficient (Wildman–Crippen LogP) is 6.83. The average Bonchev–Trinajstić information content (AvgIpc) is 3.54. The predicted molar refractivity (Wildman–Crippen MR) is 220 cm³/mol. The highest BCUT2D eigenvalue weighted by Gasteiger charge is 2.52. The second-order valence-electron chi connectivity index (χ2n) is 16.8. The van der Waals surface area contributed by atoms with Gasteiger partial charge in [0.05, 0.1) is 24.4 Å². The minimum Gasteiger partial charge on any atom is -0.453 e. The lowest BCUT2D eigenvalue weighted by atomic mass is 9.98. The molecule has 0 radical (unpaired) electrons. The molecule has 4 amide bonds. The Morgan fingerprint density at radius 2 is 1.72 bits per heavy atom. The molecule has 57 heavy (non-hydrogen) atoms. The summed E-state index contributed by atoms with van der Waals surface area (Å²) >= 11 is 0. The minimum atomic E-state index is -0.690. The number of carbonyl (C=O) groups is 4. The van der Waals surface area contributed by atoms with Crippen molar-refractivity contribution in [1.29, 1.82) is 0 Å². The molecule has 2 saturated heterocycles. The van der Waals surface area contributed by atoms with Crippen LogP contribution < -0.4 is 15.5 Å². The zero-order valence-corrected chi connectivity index (χ0v) is 34.0. The quantitative estimate of drug-likeness (QED) is 0.159. The Morgan fingerprint density at radius 3 is 2.35 bits per heavy atom. The molecule has 1 aliphatic carbocycles. The molecule has 2 aliphatic heterocycles. The fourth-order valence-electron chi connectivity index (χ4n) is 8.23. The molecule has 7 rings (SSSR count). The minimum absolute atomic E-state index is 0.106. The zero-order valence-electron chi connectivity index (χ0n) is 34.0. The Balaban J connectivity index is 0.950. The number of aryl methyl sites for hydroxylation is 1. The third-order valence-corrected chi connectivity index (χ3v) is 11.9. The van der Waals surface area contributed by atoms with Crippen molar-refractivity contribution in [2.75, 3.05) is 43.5 Å². The summed E-state index contributed by atoms with van der Waals surface area (Å²) in [6.45, 7) is 14.9. The fraction of sp³-hybridized carbons (Fsp3) is 0.455. The lowest BCUT2D eigenvalue weighted by Gasteiger charge is -2.40. The first-order valence-electron chi connectivity index (χ1n) is 20.0. The number of H-pyrrole nitrogens is 1. The third kappa shape index (κ3) is 8.38. The maximum atomic E-state index is 13.5. The van der Waals surface area contributed by atoms with Crippen LogP contribution in [0.5, 0.6) is 0 Å². The number of nitrogens with one attached hydrogen (secondary N) is 3. The van der Waals surface area contributed by atoms with E-state index < -0.39 is 12.1 Å². The summed E-state index contributed by atoms with van der Waals surface area (Å²) in [4.78, 5) is 70.5. The van der Waals surface area contributed by atoms with E-state index in [1.807, 2.05) is 68.3 Å². The fourth-order valence-corrected chi connectivity index (χ4v) is 8.23. The molecule has 300 valence electrons. The molecule has 3 aliphatic rings. The number of methoxy groups -OCH3 is 1. The summed E-state index contributed by atoms with van der Waals surface area (Å²) in [6.07, 6.45) is 5.44. The lowest BCUT2D eigenvalue weighted by Crippen LogP contribution is -2.54. The average molecular weight is 775 g/mol. The second-order valence-corrected chi connectivity index (χ2v) is 16.8. The SMILES string of the molecule is COC(=O)N[C@H](C(=O)N1CCC[C@H]1c1nc(-c2ccc(-c3ccc(NC(=O)c4ccc(N5CCN(C(=O)[C@H]6CC6(C)C)C[C@H]5C)nc4)cc3C)cc2)c[nH]1)C(C)C. The summed E-state index contributed by atoms with van der Waals surface area (Å²) in [7, 11) is 1.29.